The van der Waals surface area contributed by atoms with Crippen LogP contribution in [0.3, 0.4) is 0 Å². The van der Waals surface area contributed by atoms with Gasteiger partial charge in [-0.3, -0.25) is 9.10 Å². The molecule has 20 heavy (non-hydrogen) atoms. The van der Waals surface area contributed by atoms with E-state index in [1.807, 2.05) is 45.0 Å². The van der Waals surface area contributed by atoms with Crippen LogP contribution in [0.4, 0.5) is 0 Å². The third-order valence-electron chi connectivity index (χ3n) is 3.36. The molecule has 1 fully saturated rings. The van der Waals surface area contributed by atoms with Crippen LogP contribution in [-0.2, 0) is 15.8 Å². The summed E-state index contributed by atoms with van der Waals surface area (Å²) in [5.41, 5.74) is 1.01. The molecule has 1 aliphatic heterocycles. The van der Waals surface area contributed by atoms with E-state index in [2.05, 4.69) is 0 Å². The van der Waals surface area contributed by atoms with Crippen LogP contribution < -0.4 is 4.74 Å². The highest BCUT2D eigenvalue weighted by molar-refractivity contribution is 7.84. The van der Waals surface area contributed by atoms with Crippen molar-refractivity contribution in [1.82, 2.24) is 4.31 Å². The first-order valence-corrected chi connectivity index (χ1v) is 7.83. The van der Waals surface area contributed by atoms with Crippen LogP contribution in [0.1, 0.15) is 45.2 Å². The van der Waals surface area contributed by atoms with Crippen molar-refractivity contribution < 1.29 is 13.7 Å². The van der Waals surface area contributed by atoms with Crippen LogP contribution >= 0.6 is 0 Å². The molecule has 1 amide bonds. The molecular formula is C15H21NO3S. The van der Waals surface area contributed by atoms with Crippen molar-refractivity contribution in [3.05, 3.63) is 29.8 Å². The minimum absolute atomic E-state index is 0.0286. The van der Waals surface area contributed by atoms with Gasteiger partial charge in [0.05, 0.1) is 17.9 Å². The molecule has 110 valence electrons. The molecule has 2 atom stereocenters. The van der Waals surface area contributed by atoms with Crippen molar-refractivity contribution in [3.8, 4) is 5.75 Å². The van der Waals surface area contributed by atoms with Crippen molar-refractivity contribution in [1.29, 1.82) is 0 Å². The first-order chi connectivity index (χ1) is 9.34. The van der Waals surface area contributed by atoms with Crippen LogP contribution in [0.25, 0.3) is 0 Å². The maximum atomic E-state index is 12.6. The molecule has 0 spiro atoms. The van der Waals surface area contributed by atoms with E-state index < -0.39 is 15.7 Å². The third kappa shape index (κ3) is 2.87. The molecule has 1 aromatic carbocycles. The molecule has 0 N–H and O–H groups in total. The summed E-state index contributed by atoms with van der Waals surface area (Å²) in [6.45, 7) is 5.67. The summed E-state index contributed by atoms with van der Waals surface area (Å²) in [6.07, 6.45) is 1.17. The number of hydrogen-bond donors (Lipinski definition) is 0. The van der Waals surface area contributed by atoms with E-state index >= 15 is 0 Å². The number of benzene rings is 1. The second kappa shape index (κ2) is 5.56. The summed E-state index contributed by atoms with van der Waals surface area (Å²) < 4.78 is 18.8. The Bertz CT molecular complexity index is 519. The molecule has 2 rings (SSSR count). The van der Waals surface area contributed by atoms with Crippen molar-refractivity contribution >= 4 is 16.9 Å². The predicted octanol–water partition coefficient (Wildman–Crippen LogP) is 2.82. The number of amides is 1. The monoisotopic (exact) mass is 295 g/mol. The Morgan fingerprint density at radius 2 is 1.85 bits per heavy atom. The molecule has 5 heteroatoms. The van der Waals surface area contributed by atoms with Gasteiger partial charge in [0.25, 0.3) is 0 Å². The largest absolute Gasteiger partial charge is 0.497 e. The van der Waals surface area contributed by atoms with Crippen molar-refractivity contribution in [2.75, 3.05) is 7.11 Å². The average Bonchev–Trinajstić information content (AvgIpc) is 2.78. The minimum Gasteiger partial charge on any atom is -0.497 e. The molecule has 1 aromatic rings. The van der Waals surface area contributed by atoms with Crippen LogP contribution in [-0.4, -0.2) is 26.3 Å². The number of ether oxygens (including phenoxy) is 1. The van der Waals surface area contributed by atoms with Crippen LogP contribution in [0.15, 0.2) is 24.3 Å². The summed E-state index contributed by atoms with van der Waals surface area (Å²) in [7, 11) is 0.292. The molecule has 1 saturated heterocycles. The average molecular weight is 295 g/mol. The van der Waals surface area contributed by atoms with Gasteiger partial charge < -0.3 is 4.74 Å². The summed E-state index contributed by atoms with van der Waals surface area (Å²) in [6, 6.07) is 7.52. The Balaban J connectivity index is 2.30. The summed E-state index contributed by atoms with van der Waals surface area (Å²) >= 11 is 0. The lowest BCUT2D eigenvalue weighted by Gasteiger charge is -2.30. The molecule has 0 aliphatic carbocycles. The van der Waals surface area contributed by atoms with Gasteiger partial charge in [0, 0.05) is 6.42 Å². The first kappa shape index (κ1) is 15.0. The highest BCUT2D eigenvalue weighted by Crippen LogP contribution is 2.37. The number of methoxy groups -OCH3 is 1. The molecule has 0 bridgehead atoms. The van der Waals surface area contributed by atoms with Gasteiger partial charge in [0.1, 0.15) is 16.7 Å². The molecule has 1 heterocycles. The number of carbonyl (C=O) groups excluding carboxylic acids is 1. The van der Waals surface area contributed by atoms with E-state index in [4.69, 9.17) is 4.74 Å². The Hall–Kier alpha value is -1.36. The predicted molar refractivity (Wildman–Crippen MR) is 79.7 cm³/mol. The van der Waals surface area contributed by atoms with Gasteiger partial charge in [0.15, 0.2) is 0 Å². The molecule has 4 nitrogen and oxygen atoms in total. The van der Waals surface area contributed by atoms with Crippen LogP contribution in [0.2, 0.25) is 0 Å². The molecular weight excluding hydrogens is 274 g/mol. The lowest BCUT2D eigenvalue weighted by atomic mass is 10.1. The lowest BCUT2D eigenvalue weighted by molar-refractivity contribution is -0.124. The summed E-state index contributed by atoms with van der Waals surface area (Å²) in [5, 5.41) is 0. The van der Waals surface area contributed by atoms with Gasteiger partial charge in [-0.2, -0.15) is 0 Å². The van der Waals surface area contributed by atoms with Gasteiger partial charge in [-0.05, 0) is 44.9 Å². The third-order valence-corrected chi connectivity index (χ3v) is 5.23. The lowest BCUT2D eigenvalue weighted by Crippen LogP contribution is -2.39. The molecule has 0 aromatic heterocycles. The van der Waals surface area contributed by atoms with Gasteiger partial charge in [0.2, 0.25) is 5.91 Å². The van der Waals surface area contributed by atoms with Gasteiger partial charge in [-0.15, -0.1) is 0 Å². The SMILES string of the molecule is COc1ccc([C@H]2CCC(=O)N2S(=O)C(C)(C)C)cc1. The van der Waals surface area contributed by atoms with Crippen molar-refractivity contribution in [3.63, 3.8) is 0 Å². The highest BCUT2D eigenvalue weighted by Gasteiger charge is 2.40. The number of nitrogens with zero attached hydrogens (tertiary/aromatic N) is 1. The zero-order chi connectivity index (χ0) is 14.9. The molecule has 0 saturated carbocycles. The Labute approximate surface area is 122 Å². The van der Waals surface area contributed by atoms with E-state index in [-0.39, 0.29) is 11.9 Å². The zero-order valence-electron chi connectivity index (χ0n) is 12.4. The number of carbonyl (C=O) groups is 1. The van der Waals surface area contributed by atoms with Crippen LogP contribution in [0, 0.1) is 0 Å². The Kier molecular flexibility index (Phi) is 4.18. The zero-order valence-corrected chi connectivity index (χ0v) is 13.2. The number of hydrogen-bond acceptors (Lipinski definition) is 3. The Morgan fingerprint density at radius 3 is 2.35 bits per heavy atom. The maximum Gasteiger partial charge on any atom is 0.234 e. The van der Waals surface area contributed by atoms with Crippen LogP contribution in [0.5, 0.6) is 5.75 Å². The Morgan fingerprint density at radius 1 is 1.25 bits per heavy atom. The fourth-order valence-electron chi connectivity index (χ4n) is 2.29. The molecule has 0 radical (unpaired) electrons. The van der Waals surface area contributed by atoms with Gasteiger partial charge >= 0.3 is 0 Å². The fraction of sp³-hybridized carbons (Fsp3) is 0.533. The number of rotatable bonds is 3. The standard InChI is InChI=1S/C15H21NO3S/c1-15(2,3)20(18)16-13(9-10-14(16)17)11-5-7-12(19-4)8-6-11/h5-8,13H,9-10H2,1-4H3/t13-,20?/m1/s1. The topological polar surface area (TPSA) is 46.6 Å². The van der Waals surface area contributed by atoms with E-state index in [0.29, 0.717) is 12.8 Å². The highest BCUT2D eigenvalue weighted by atomic mass is 32.2. The van der Waals surface area contributed by atoms with E-state index in [0.717, 1.165) is 11.3 Å². The van der Waals surface area contributed by atoms with Gasteiger partial charge in [-0.1, -0.05) is 12.1 Å². The maximum absolute atomic E-state index is 12.6. The van der Waals surface area contributed by atoms with E-state index in [1.165, 1.54) is 0 Å². The quantitative estimate of drug-likeness (QED) is 0.861. The van der Waals surface area contributed by atoms with Crippen molar-refractivity contribution in [2.45, 2.75) is 44.4 Å². The summed E-state index contributed by atoms with van der Waals surface area (Å²) in [5.74, 6) is 0.751. The molecule has 1 unspecified atom stereocenters. The van der Waals surface area contributed by atoms with E-state index in [1.54, 1.807) is 11.4 Å². The van der Waals surface area contributed by atoms with Gasteiger partial charge in [-0.25, -0.2) is 4.21 Å². The van der Waals surface area contributed by atoms with E-state index in [9.17, 15) is 9.00 Å². The summed E-state index contributed by atoms with van der Waals surface area (Å²) in [4.78, 5) is 12.1. The smallest absolute Gasteiger partial charge is 0.234 e. The fourth-order valence-corrected chi connectivity index (χ4v) is 3.62. The second-order valence-electron chi connectivity index (χ2n) is 5.91. The second-order valence-corrected chi connectivity index (χ2v) is 8.03. The molecule has 1 aliphatic rings. The van der Waals surface area contributed by atoms with Crippen molar-refractivity contribution in [2.24, 2.45) is 0 Å². The first-order valence-electron chi connectivity index (χ1n) is 6.72. The normalized spacial score (nSPS) is 21.1. The minimum atomic E-state index is -1.33.